The molecule has 0 spiro atoms. The highest BCUT2D eigenvalue weighted by molar-refractivity contribution is 9.10. The Bertz CT molecular complexity index is 929. The molecule has 0 aliphatic heterocycles. The second kappa shape index (κ2) is 7.59. The van der Waals surface area contributed by atoms with Crippen LogP contribution in [-0.2, 0) is 0 Å². The van der Waals surface area contributed by atoms with Crippen LogP contribution in [0.15, 0.2) is 68.6 Å². The number of thiazole rings is 1. The van der Waals surface area contributed by atoms with Crippen LogP contribution in [0, 0.1) is 6.92 Å². The molecule has 0 N–H and O–H groups in total. The summed E-state index contributed by atoms with van der Waals surface area (Å²) < 4.78 is 8.20. The van der Waals surface area contributed by atoms with Gasteiger partial charge in [-0.25, -0.2) is 0 Å². The zero-order chi connectivity index (χ0) is 16.9. The normalized spacial score (nSPS) is 12.0. The highest BCUT2D eigenvalue weighted by Gasteiger charge is 2.03. The molecule has 1 heterocycles. The molecule has 2 aromatic carbocycles. The summed E-state index contributed by atoms with van der Waals surface area (Å²) in [7, 11) is 1.64. The van der Waals surface area contributed by atoms with E-state index in [9.17, 15) is 0 Å². The quantitative estimate of drug-likeness (QED) is 0.466. The fourth-order valence-corrected chi connectivity index (χ4v) is 3.65. The molecule has 0 bridgehead atoms. The maximum Gasteiger partial charge on any atom is 0.215 e. The number of aromatic nitrogens is 1. The van der Waals surface area contributed by atoms with E-state index in [1.165, 1.54) is 0 Å². The van der Waals surface area contributed by atoms with E-state index >= 15 is 0 Å². The number of benzene rings is 2. The van der Waals surface area contributed by atoms with Gasteiger partial charge in [0.05, 0.1) is 17.8 Å². The summed E-state index contributed by atoms with van der Waals surface area (Å²) in [6, 6.07) is 15.9. The highest BCUT2D eigenvalue weighted by atomic mass is 79.9. The standard InChI is InChI=1S/C18H16BrN3OS/c1-13-12-24-18(22(13)15-6-4-3-5-7-15)21-20-11-14-8-9-17(23-2)16(19)10-14/h3-12H,1-2H3. The van der Waals surface area contributed by atoms with Crippen molar-refractivity contribution < 1.29 is 4.74 Å². The van der Waals surface area contributed by atoms with Crippen molar-refractivity contribution in [2.45, 2.75) is 6.92 Å². The zero-order valence-corrected chi connectivity index (χ0v) is 15.7. The van der Waals surface area contributed by atoms with E-state index in [1.54, 1.807) is 24.7 Å². The highest BCUT2D eigenvalue weighted by Crippen LogP contribution is 2.24. The molecule has 0 unspecified atom stereocenters. The van der Waals surface area contributed by atoms with Gasteiger partial charge in [-0.05, 0) is 58.7 Å². The average molecular weight is 402 g/mol. The summed E-state index contributed by atoms with van der Waals surface area (Å²) in [4.78, 5) is 0.836. The predicted molar refractivity (Wildman–Crippen MR) is 102 cm³/mol. The molecular weight excluding hydrogens is 386 g/mol. The predicted octanol–water partition coefficient (Wildman–Crippen LogP) is 4.55. The van der Waals surface area contributed by atoms with Crippen LogP contribution in [0.5, 0.6) is 5.75 Å². The molecule has 3 rings (SSSR count). The maximum atomic E-state index is 5.22. The van der Waals surface area contributed by atoms with Crippen LogP contribution in [0.25, 0.3) is 5.69 Å². The fraction of sp³-hybridized carbons (Fsp3) is 0.111. The molecule has 122 valence electrons. The van der Waals surface area contributed by atoms with Gasteiger partial charge in [-0.2, -0.15) is 5.10 Å². The number of para-hydroxylation sites is 1. The van der Waals surface area contributed by atoms with Crippen molar-refractivity contribution in [2.75, 3.05) is 7.11 Å². The Morgan fingerprint density at radius 2 is 1.96 bits per heavy atom. The molecule has 0 radical (unpaired) electrons. The minimum Gasteiger partial charge on any atom is -0.496 e. The molecule has 0 saturated carbocycles. The SMILES string of the molecule is COc1ccc(C=NN=c2scc(C)n2-c2ccccc2)cc1Br. The number of methoxy groups -OCH3 is 1. The average Bonchev–Trinajstić information content (AvgIpc) is 2.96. The van der Waals surface area contributed by atoms with Gasteiger partial charge in [-0.3, -0.25) is 4.57 Å². The summed E-state index contributed by atoms with van der Waals surface area (Å²) in [5.41, 5.74) is 3.16. The topological polar surface area (TPSA) is 38.9 Å². The second-order valence-corrected chi connectivity index (χ2v) is 6.76. The van der Waals surface area contributed by atoms with Gasteiger partial charge < -0.3 is 4.74 Å². The Kier molecular flexibility index (Phi) is 5.27. The van der Waals surface area contributed by atoms with Gasteiger partial charge >= 0.3 is 0 Å². The van der Waals surface area contributed by atoms with Crippen LogP contribution >= 0.6 is 27.3 Å². The van der Waals surface area contributed by atoms with Crippen molar-refractivity contribution >= 4 is 33.5 Å². The van der Waals surface area contributed by atoms with E-state index in [-0.39, 0.29) is 0 Å². The lowest BCUT2D eigenvalue weighted by Gasteiger charge is -2.04. The van der Waals surface area contributed by atoms with Crippen molar-refractivity contribution in [1.29, 1.82) is 0 Å². The molecule has 0 atom stereocenters. The third-order valence-corrected chi connectivity index (χ3v) is 4.97. The van der Waals surface area contributed by atoms with Crippen LogP contribution in [0.2, 0.25) is 0 Å². The third kappa shape index (κ3) is 3.66. The molecule has 6 heteroatoms. The maximum absolute atomic E-state index is 5.22. The first kappa shape index (κ1) is 16.7. The van der Waals surface area contributed by atoms with Crippen LogP contribution < -0.4 is 9.54 Å². The summed E-state index contributed by atoms with van der Waals surface area (Å²) >= 11 is 5.04. The van der Waals surface area contributed by atoms with E-state index in [0.717, 1.165) is 32.0 Å². The largest absolute Gasteiger partial charge is 0.496 e. The van der Waals surface area contributed by atoms with Crippen LogP contribution in [0.3, 0.4) is 0 Å². The number of ether oxygens (including phenoxy) is 1. The number of halogens is 1. The van der Waals surface area contributed by atoms with Crippen molar-refractivity contribution in [3.05, 3.63) is 74.4 Å². The van der Waals surface area contributed by atoms with Crippen molar-refractivity contribution in [3.63, 3.8) is 0 Å². The lowest BCUT2D eigenvalue weighted by atomic mass is 10.2. The summed E-state index contributed by atoms with van der Waals surface area (Å²) in [5, 5.41) is 10.7. The van der Waals surface area contributed by atoms with Gasteiger partial charge in [-0.15, -0.1) is 16.4 Å². The molecule has 0 amide bonds. The third-order valence-electron chi connectivity index (χ3n) is 3.42. The first-order valence-electron chi connectivity index (χ1n) is 7.32. The van der Waals surface area contributed by atoms with Gasteiger partial charge in [0.1, 0.15) is 5.75 Å². The van der Waals surface area contributed by atoms with Crippen LogP contribution in [0.4, 0.5) is 0 Å². The molecule has 1 aromatic heterocycles. The minimum atomic E-state index is 0.792. The van der Waals surface area contributed by atoms with E-state index < -0.39 is 0 Å². The summed E-state index contributed by atoms with van der Waals surface area (Å²) in [6.07, 6.45) is 1.73. The first-order chi connectivity index (χ1) is 11.7. The van der Waals surface area contributed by atoms with Gasteiger partial charge in [0, 0.05) is 16.8 Å². The molecule has 24 heavy (non-hydrogen) atoms. The Morgan fingerprint density at radius 3 is 2.67 bits per heavy atom. The number of hydrogen-bond acceptors (Lipinski definition) is 4. The lowest BCUT2D eigenvalue weighted by Crippen LogP contribution is -2.13. The fourth-order valence-electron chi connectivity index (χ4n) is 2.26. The zero-order valence-electron chi connectivity index (χ0n) is 13.3. The minimum absolute atomic E-state index is 0.792. The number of nitrogens with zero attached hydrogens (tertiary/aromatic N) is 3. The Labute approximate surface area is 152 Å². The smallest absolute Gasteiger partial charge is 0.215 e. The van der Waals surface area contributed by atoms with Crippen molar-refractivity contribution in [1.82, 2.24) is 4.57 Å². The monoisotopic (exact) mass is 401 g/mol. The Hall–Kier alpha value is -2.18. The number of hydrogen-bond donors (Lipinski definition) is 0. The van der Waals surface area contributed by atoms with E-state index in [1.807, 2.05) is 36.4 Å². The van der Waals surface area contributed by atoms with E-state index in [4.69, 9.17) is 4.74 Å². The van der Waals surface area contributed by atoms with Gasteiger partial charge in [0.15, 0.2) is 0 Å². The van der Waals surface area contributed by atoms with Crippen molar-refractivity contribution in [3.8, 4) is 11.4 Å². The summed E-state index contributed by atoms with van der Waals surface area (Å²) in [5.74, 6) is 0.792. The van der Waals surface area contributed by atoms with Crippen LogP contribution in [0.1, 0.15) is 11.3 Å². The Morgan fingerprint density at radius 1 is 1.17 bits per heavy atom. The number of rotatable bonds is 4. The molecule has 0 fully saturated rings. The molecule has 4 nitrogen and oxygen atoms in total. The molecule has 0 aliphatic carbocycles. The van der Waals surface area contributed by atoms with E-state index in [0.29, 0.717) is 0 Å². The molecule has 3 aromatic rings. The van der Waals surface area contributed by atoms with E-state index in [2.05, 4.69) is 55.1 Å². The van der Waals surface area contributed by atoms with Gasteiger partial charge in [-0.1, -0.05) is 18.2 Å². The van der Waals surface area contributed by atoms with Crippen LogP contribution in [-0.4, -0.2) is 17.9 Å². The second-order valence-electron chi connectivity index (χ2n) is 5.07. The molecular formula is C18H16BrN3OS. The molecule has 0 aliphatic rings. The molecule has 0 saturated heterocycles. The Balaban J connectivity index is 1.92. The lowest BCUT2D eigenvalue weighted by molar-refractivity contribution is 0.412. The first-order valence-corrected chi connectivity index (χ1v) is 8.99. The van der Waals surface area contributed by atoms with Gasteiger partial charge in [0.25, 0.3) is 0 Å². The summed E-state index contributed by atoms with van der Waals surface area (Å²) in [6.45, 7) is 2.06. The van der Waals surface area contributed by atoms with Crippen molar-refractivity contribution in [2.24, 2.45) is 10.2 Å². The number of aryl methyl sites for hydroxylation is 1. The van der Waals surface area contributed by atoms with Gasteiger partial charge in [0.2, 0.25) is 4.80 Å².